The third-order valence-corrected chi connectivity index (χ3v) is 2.82. The molecule has 0 aliphatic carbocycles. The van der Waals surface area contributed by atoms with Gasteiger partial charge in [-0.15, -0.1) is 0 Å². The van der Waals surface area contributed by atoms with E-state index in [0.717, 1.165) is 27.4 Å². The zero-order chi connectivity index (χ0) is 11.1. The summed E-state index contributed by atoms with van der Waals surface area (Å²) in [6, 6.07) is 13.8. The van der Waals surface area contributed by atoms with E-state index in [9.17, 15) is 0 Å². The lowest BCUT2D eigenvalue weighted by molar-refractivity contribution is 1.44. The summed E-state index contributed by atoms with van der Waals surface area (Å²) in [5.41, 5.74) is 8.48. The molecule has 0 fully saturated rings. The van der Waals surface area contributed by atoms with Crippen molar-refractivity contribution in [1.29, 1.82) is 5.41 Å². The van der Waals surface area contributed by atoms with Crippen LogP contribution in [-0.4, -0.2) is 10.8 Å². The normalized spacial score (nSPS) is 11.0. The fourth-order valence-corrected chi connectivity index (χ4v) is 2.13. The number of hydrogen-bond donors (Lipinski definition) is 3. The highest BCUT2D eigenvalue weighted by Crippen LogP contribution is 2.27. The van der Waals surface area contributed by atoms with E-state index in [1.807, 2.05) is 42.5 Å². The summed E-state index contributed by atoms with van der Waals surface area (Å²) in [5, 5.41) is 9.74. The molecule has 2 aromatic carbocycles. The van der Waals surface area contributed by atoms with Gasteiger partial charge in [0.2, 0.25) is 0 Å². The van der Waals surface area contributed by atoms with Gasteiger partial charge in [-0.05, 0) is 12.1 Å². The van der Waals surface area contributed by atoms with E-state index in [0.29, 0.717) is 0 Å². The molecule has 0 atom stereocenters. The molecular formula is C13H11N3. The third kappa shape index (κ3) is 1.11. The Balaban J connectivity index is 2.57. The second-order valence-electron chi connectivity index (χ2n) is 3.81. The largest absolute Gasteiger partial charge is 0.384 e. The predicted octanol–water partition coefficient (Wildman–Crippen LogP) is 2.61. The highest BCUT2D eigenvalue weighted by Gasteiger charge is 2.09. The van der Waals surface area contributed by atoms with Crippen molar-refractivity contribution in [2.24, 2.45) is 5.73 Å². The number of aromatic amines is 1. The molecule has 0 radical (unpaired) electrons. The highest BCUT2D eigenvalue weighted by molar-refractivity contribution is 6.17. The molecule has 0 saturated heterocycles. The molecule has 16 heavy (non-hydrogen) atoms. The van der Waals surface area contributed by atoms with Crippen LogP contribution >= 0.6 is 0 Å². The number of amidine groups is 1. The first-order chi connectivity index (χ1) is 7.77. The molecule has 78 valence electrons. The number of H-pyrrole nitrogens is 1. The van der Waals surface area contributed by atoms with E-state index < -0.39 is 0 Å². The Morgan fingerprint density at radius 3 is 2.56 bits per heavy atom. The van der Waals surface area contributed by atoms with Gasteiger partial charge >= 0.3 is 0 Å². The van der Waals surface area contributed by atoms with Crippen LogP contribution in [0.25, 0.3) is 21.8 Å². The number of aromatic nitrogens is 1. The molecule has 3 aromatic rings. The Kier molecular flexibility index (Phi) is 1.74. The van der Waals surface area contributed by atoms with Crippen LogP contribution < -0.4 is 5.73 Å². The minimum Gasteiger partial charge on any atom is -0.384 e. The van der Waals surface area contributed by atoms with Gasteiger partial charge in [0.25, 0.3) is 0 Å². The topological polar surface area (TPSA) is 65.7 Å². The van der Waals surface area contributed by atoms with Crippen LogP contribution in [0, 0.1) is 5.41 Å². The smallest absolute Gasteiger partial charge is 0.123 e. The fourth-order valence-electron chi connectivity index (χ4n) is 2.13. The molecule has 1 aromatic heterocycles. The Labute approximate surface area is 92.4 Å². The first-order valence-corrected chi connectivity index (χ1v) is 5.11. The zero-order valence-corrected chi connectivity index (χ0v) is 8.62. The van der Waals surface area contributed by atoms with Crippen molar-refractivity contribution in [2.75, 3.05) is 0 Å². The van der Waals surface area contributed by atoms with Gasteiger partial charge in [0.15, 0.2) is 0 Å². The summed E-state index contributed by atoms with van der Waals surface area (Å²) in [6.07, 6.45) is 0. The van der Waals surface area contributed by atoms with Crippen molar-refractivity contribution >= 4 is 27.6 Å². The van der Waals surface area contributed by atoms with Crippen LogP contribution in [0.5, 0.6) is 0 Å². The molecule has 0 unspecified atom stereocenters. The number of nitrogens with one attached hydrogen (secondary N) is 2. The van der Waals surface area contributed by atoms with Gasteiger partial charge in [-0.25, -0.2) is 0 Å². The predicted molar refractivity (Wildman–Crippen MR) is 66.8 cm³/mol. The Bertz CT molecular complexity index is 695. The quantitative estimate of drug-likeness (QED) is 0.418. The van der Waals surface area contributed by atoms with Crippen molar-refractivity contribution in [1.82, 2.24) is 4.98 Å². The minimum absolute atomic E-state index is 0.107. The first-order valence-electron chi connectivity index (χ1n) is 5.11. The minimum atomic E-state index is 0.107. The van der Waals surface area contributed by atoms with E-state index in [-0.39, 0.29) is 5.84 Å². The highest BCUT2D eigenvalue weighted by atomic mass is 14.7. The summed E-state index contributed by atoms with van der Waals surface area (Å²) in [6.45, 7) is 0. The summed E-state index contributed by atoms with van der Waals surface area (Å²) in [5.74, 6) is 0.107. The van der Waals surface area contributed by atoms with Gasteiger partial charge < -0.3 is 10.7 Å². The lowest BCUT2D eigenvalue weighted by Crippen LogP contribution is -2.11. The van der Waals surface area contributed by atoms with E-state index in [1.54, 1.807) is 0 Å². The van der Waals surface area contributed by atoms with Crippen molar-refractivity contribution in [3.8, 4) is 0 Å². The molecule has 0 spiro atoms. The zero-order valence-electron chi connectivity index (χ0n) is 8.62. The lowest BCUT2D eigenvalue weighted by atomic mass is 10.1. The Morgan fingerprint density at radius 1 is 1.00 bits per heavy atom. The van der Waals surface area contributed by atoms with Crippen molar-refractivity contribution in [2.45, 2.75) is 0 Å². The number of nitrogens with two attached hydrogens (primary N) is 1. The van der Waals surface area contributed by atoms with Crippen LogP contribution in [0.3, 0.4) is 0 Å². The maximum atomic E-state index is 7.60. The standard InChI is InChI=1S/C13H11N3/c14-13(15)9-5-3-7-11-12(9)8-4-1-2-6-10(8)16-11/h1-7,16H,(H3,14,15). The van der Waals surface area contributed by atoms with E-state index in [2.05, 4.69) is 4.98 Å². The molecule has 0 saturated carbocycles. The number of rotatable bonds is 1. The fraction of sp³-hybridized carbons (Fsp3) is 0. The number of para-hydroxylation sites is 1. The second kappa shape index (κ2) is 3.10. The average Bonchev–Trinajstić information content (AvgIpc) is 2.66. The van der Waals surface area contributed by atoms with Crippen LogP contribution in [-0.2, 0) is 0 Å². The SMILES string of the molecule is N=C(N)c1cccc2[nH]c3ccccc3c12. The first kappa shape index (κ1) is 8.97. The Hall–Kier alpha value is -2.29. The van der Waals surface area contributed by atoms with Gasteiger partial charge in [0.1, 0.15) is 5.84 Å². The molecule has 0 bridgehead atoms. The molecule has 4 N–H and O–H groups in total. The van der Waals surface area contributed by atoms with E-state index >= 15 is 0 Å². The molecule has 0 aliphatic heterocycles. The van der Waals surface area contributed by atoms with Gasteiger partial charge in [0, 0.05) is 27.4 Å². The van der Waals surface area contributed by atoms with Crippen LogP contribution in [0.15, 0.2) is 42.5 Å². The monoisotopic (exact) mass is 209 g/mol. The maximum Gasteiger partial charge on any atom is 0.123 e. The molecule has 3 nitrogen and oxygen atoms in total. The summed E-state index contributed by atoms with van der Waals surface area (Å²) < 4.78 is 0. The van der Waals surface area contributed by atoms with Crippen LogP contribution in [0.4, 0.5) is 0 Å². The number of benzene rings is 2. The molecule has 0 aliphatic rings. The molecule has 3 rings (SSSR count). The van der Waals surface area contributed by atoms with Gasteiger partial charge in [0.05, 0.1) is 0 Å². The van der Waals surface area contributed by atoms with E-state index in [4.69, 9.17) is 11.1 Å². The number of fused-ring (bicyclic) bond motifs is 3. The van der Waals surface area contributed by atoms with Gasteiger partial charge in [-0.1, -0.05) is 30.3 Å². The molecule has 1 heterocycles. The number of nitrogen functional groups attached to an aromatic ring is 1. The van der Waals surface area contributed by atoms with Crippen LogP contribution in [0.1, 0.15) is 5.56 Å². The average molecular weight is 209 g/mol. The third-order valence-electron chi connectivity index (χ3n) is 2.82. The lowest BCUT2D eigenvalue weighted by Gasteiger charge is -2.00. The summed E-state index contributed by atoms with van der Waals surface area (Å²) in [4.78, 5) is 3.32. The van der Waals surface area contributed by atoms with Crippen molar-refractivity contribution in [3.05, 3.63) is 48.0 Å². The van der Waals surface area contributed by atoms with E-state index in [1.165, 1.54) is 0 Å². The van der Waals surface area contributed by atoms with Crippen molar-refractivity contribution < 1.29 is 0 Å². The van der Waals surface area contributed by atoms with Gasteiger partial charge in [-0.3, -0.25) is 5.41 Å². The summed E-state index contributed by atoms with van der Waals surface area (Å²) in [7, 11) is 0. The van der Waals surface area contributed by atoms with Crippen LogP contribution in [0.2, 0.25) is 0 Å². The second-order valence-corrected chi connectivity index (χ2v) is 3.81. The van der Waals surface area contributed by atoms with Gasteiger partial charge in [-0.2, -0.15) is 0 Å². The molecule has 3 heteroatoms. The Morgan fingerprint density at radius 2 is 1.75 bits per heavy atom. The molecule has 0 amide bonds. The maximum absolute atomic E-state index is 7.60. The molecular weight excluding hydrogens is 198 g/mol. The summed E-state index contributed by atoms with van der Waals surface area (Å²) >= 11 is 0. The van der Waals surface area contributed by atoms with Crippen molar-refractivity contribution in [3.63, 3.8) is 0 Å². The number of hydrogen-bond acceptors (Lipinski definition) is 1.